The summed E-state index contributed by atoms with van der Waals surface area (Å²) in [6, 6.07) is 1.98. The lowest BCUT2D eigenvalue weighted by Gasteiger charge is -2.10. The average molecular weight is 500 g/mol. The zero-order valence-electron chi connectivity index (χ0n) is 18.9. The molecule has 3 N–H and O–H groups in total. The van der Waals surface area contributed by atoms with E-state index in [2.05, 4.69) is 46.1 Å². The Morgan fingerprint density at radius 3 is 2.41 bits per heavy atom. The maximum absolute atomic E-state index is 12.2. The first kappa shape index (κ1) is 27.4. The largest absolute Gasteiger partial charge is 0.504 e. The zero-order valence-corrected chi connectivity index (χ0v) is 21.4. The van der Waals surface area contributed by atoms with E-state index in [9.17, 15) is 13.5 Å². The molecule has 3 aromatic heterocycles. The summed E-state index contributed by atoms with van der Waals surface area (Å²) in [6.07, 6.45) is 9.73. The molecule has 32 heavy (non-hydrogen) atoms. The molecule has 9 nitrogen and oxygen atoms in total. The van der Waals surface area contributed by atoms with Crippen molar-refractivity contribution >= 4 is 50.4 Å². The minimum absolute atomic E-state index is 0.130. The summed E-state index contributed by atoms with van der Waals surface area (Å²) in [5, 5.41) is 17.9. The number of sulfonamides is 1. The first-order valence-corrected chi connectivity index (χ1v) is 12.7. The van der Waals surface area contributed by atoms with Gasteiger partial charge in [0.15, 0.2) is 21.6 Å². The van der Waals surface area contributed by atoms with Gasteiger partial charge in [0.25, 0.3) is 10.0 Å². The summed E-state index contributed by atoms with van der Waals surface area (Å²) in [6.45, 7) is 8.60. The van der Waals surface area contributed by atoms with Gasteiger partial charge in [-0.25, -0.2) is 12.7 Å². The second-order valence-corrected chi connectivity index (χ2v) is 10.3. The van der Waals surface area contributed by atoms with Crippen molar-refractivity contribution in [3.05, 3.63) is 29.0 Å². The molecule has 0 bridgehead atoms. The van der Waals surface area contributed by atoms with E-state index < -0.39 is 10.0 Å². The summed E-state index contributed by atoms with van der Waals surface area (Å²) in [5.41, 5.74) is 1.37. The van der Waals surface area contributed by atoms with Gasteiger partial charge in [-0.2, -0.15) is 8.75 Å². The summed E-state index contributed by atoms with van der Waals surface area (Å²) in [4.78, 5) is 0. The van der Waals surface area contributed by atoms with Crippen LogP contribution < -0.4 is 10.6 Å². The van der Waals surface area contributed by atoms with Crippen LogP contribution in [-0.4, -0.2) is 40.7 Å². The van der Waals surface area contributed by atoms with Crippen molar-refractivity contribution in [3.63, 3.8) is 0 Å². The number of nitrogens with zero attached hydrogens (tertiary/aromatic N) is 3. The van der Waals surface area contributed by atoms with Crippen LogP contribution in [0.4, 0.5) is 17.3 Å². The molecule has 0 aliphatic rings. The van der Waals surface area contributed by atoms with E-state index >= 15 is 0 Å². The summed E-state index contributed by atoms with van der Waals surface area (Å²) < 4.78 is 39.3. The van der Waals surface area contributed by atoms with Crippen LogP contribution in [0.15, 0.2) is 26.3 Å². The number of nitrogens with one attached hydrogen (secondary N) is 2. The van der Waals surface area contributed by atoms with Gasteiger partial charge in [0.2, 0.25) is 0 Å². The van der Waals surface area contributed by atoms with E-state index in [-0.39, 0.29) is 15.6 Å². The summed E-state index contributed by atoms with van der Waals surface area (Å²) in [5.74, 6) is 1.67. The fourth-order valence-corrected chi connectivity index (χ4v) is 5.12. The predicted molar refractivity (Wildman–Crippen MR) is 131 cm³/mol. The van der Waals surface area contributed by atoms with Gasteiger partial charge < -0.3 is 20.2 Å². The first-order valence-electron chi connectivity index (χ1n) is 9.67. The van der Waals surface area contributed by atoms with Crippen LogP contribution >= 0.6 is 23.1 Å². The molecule has 0 aliphatic carbocycles. The third-order valence-corrected chi connectivity index (χ3v) is 7.79. The molecule has 0 atom stereocenters. The van der Waals surface area contributed by atoms with Gasteiger partial charge in [-0.3, -0.25) is 0 Å². The van der Waals surface area contributed by atoms with E-state index in [1.165, 1.54) is 19.5 Å². The lowest BCUT2D eigenvalue weighted by Crippen LogP contribution is -2.21. The molecule has 0 saturated heterocycles. The van der Waals surface area contributed by atoms with Crippen LogP contribution in [0.1, 0.15) is 44.9 Å². The number of aromatic nitrogens is 2. The molecule has 0 aliphatic heterocycles. The normalized spacial score (nSPS) is 10.8. The lowest BCUT2D eigenvalue weighted by molar-refractivity contribution is 0.460. The molecule has 0 unspecified atom stereocenters. The highest BCUT2D eigenvalue weighted by Crippen LogP contribution is 2.40. The maximum atomic E-state index is 12.2. The molecule has 0 saturated carbocycles. The van der Waals surface area contributed by atoms with Crippen molar-refractivity contribution in [3.8, 4) is 18.6 Å². The number of hydrogen-bond donors (Lipinski definition) is 3. The van der Waals surface area contributed by atoms with Gasteiger partial charge >= 0.3 is 0 Å². The number of anilines is 3. The minimum Gasteiger partial charge on any atom is -0.504 e. The Kier molecular flexibility index (Phi) is 10.7. The van der Waals surface area contributed by atoms with Crippen molar-refractivity contribution in [1.82, 2.24) is 13.1 Å². The minimum atomic E-state index is -3.73. The first-order chi connectivity index (χ1) is 15.2. The molecule has 3 rings (SSSR count). The Morgan fingerprint density at radius 1 is 1.22 bits per heavy atom. The van der Waals surface area contributed by atoms with E-state index in [0.717, 1.165) is 38.7 Å². The van der Waals surface area contributed by atoms with Crippen LogP contribution in [0, 0.1) is 12.8 Å². The Bertz CT molecular complexity index is 1100. The highest BCUT2D eigenvalue weighted by atomic mass is 32.2. The van der Waals surface area contributed by atoms with Crippen LogP contribution in [0.2, 0.25) is 0 Å². The van der Waals surface area contributed by atoms with E-state index in [1.807, 2.05) is 19.9 Å². The number of rotatable bonds is 8. The van der Waals surface area contributed by atoms with E-state index in [1.54, 1.807) is 6.26 Å². The number of aromatic hydroxyl groups is 1. The molecule has 3 aromatic rings. The second-order valence-electron chi connectivity index (χ2n) is 6.51. The van der Waals surface area contributed by atoms with Crippen molar-refractivity contribution in [2.75, 3.05) is 24.7 Å². The van der Waals surface area contributed by atoms with Gasteiger partial charge in [0.1, 0.15) is 5.76 Å². The van der Waals surface area contributed by atoms with E-state index in [0.29, 0.717) is 24.1 Å². The molecule has 0 aromatic carbocycles. The molecule has 0 spiro atoms. The lowest BCUT2D eigenvalue weighted by atomic mass is 10.1. The van der Waals surface area contributed by atoms with Crippen LogP contribution in [-0.2, 0) is 16.6 Å². The Hall–Kier alpha value is -2.59. The fraction of sp³-hybridized carbons (Fsp3) is 0.400. The summed E-state index contributed by atoms with van der Waals surface area (Å²) in [7, 11) is -0.906. The number of thiophene rings is 1. The zero-order chi connectivity index (χ0) is 24.5. The van der Waals surface area contributed by atoms with Gasteiger partial charge in [-0.1, -0.05) is 27.7 Å². The number of hydrogen-bond acceptors (Lipinski definition) is 10. The van der Waals surface area contributed by atoms with Crippen LogP contribution in [0.25, 0.3) is 0 Å². The standard InChI is InChI=1S/C16H21N5O4S3.C2H6.C2H2/c1-9(2)10-5-11(25-7-10)6-17-14-15(20-27-19-14)18-12-8-26-16(13(12)22)28(23,24)21(3)4;2*1-2/h5,7-9,22H,6H2,1-4H3,(H,17,19)(H,18,20);1-2H3;1-2H. The maximum Gasteiger partial charge on any atom is 0.255 e. The molecular weight excluding hydrogens is 470 g/mol. The van der Waals surface area contributed by atoms with Crippen molar-refractivity contribution in [2.45, 2.75) is 44.4 Å². The Labute approximate surface area is 197 Å². The average Bonchev–Trinajstić information content (AvgIpc) is 3.51. The van der Waals surface area contributed by atoms with Gasteiger partial charge in [0.05, 0.1) is 30.2 Å². The Balaban J connectivity index is 0.00000121. The smallest absolute Gasteiger partial charge is 0.255 e. The molecule has 3 heterocycles. The monoisotopic (exact) mass is 499 g/mol. The van der Waals surface area contributed by atoms with Crippen LogP contribution in [0.3, 0.4) is 0 Å². The van der Waals surface area contributed by atoms with Gasteiger partial charge in [0, 0.05) is 19.5 Å². The highest BCUT2D eigenvalue weighted by molar-refractivity contribution is 7.91. The highest BCUT2D eigenvalue weighted by Gasteiger charge is 2.26. The van der Waals surface area contributed by atoms with E-state index in [4.69, 9.17) is 4.42 Å². The predicted octanol–water partition coefficient (Wildman–Crippen LogP) is 4.90. The fourth-order valence-electron chi connectivity index (χ4n) is 2.25. The SMILES string of the molecule is C#C.CC.CC(C)c1coc(CNc2nsnc2Nc2csc(S(=O)(=O)N(C)C)c2O)c1. The second kappa shape index (κ2) is 12.4. The third-order valence-electron chi connectivity index (χ3n) is 3.96. The summed E-state index contributed by atoms with van der Waals surface area (Å²) >= 11 is 1.93. The Morgan fingerprint density at radius 2 is 1.84 bits per heavy atom. The van der Waals surface area contributed by atoms with Crippen molar-refractivity contribution in [1.29, 1.82) is 0 Å². The van der Waals surface area contributed by atoms with Crippen molar-refractivity contribution < 1.29 is 17.9 Å². The number of terminal acetylenes is 1. The molecular formula is C20H29N5O4S3. The molecule has 0 fully saturated rings. The molecule has 0 radical (unpaired) electrons. The van der Waals surface area contributed by atoms with Gasteiger partial charge in [-0.05, 0) is 17.5 Å². The van der Waals surface area contributed by atoms with Gasteiger partial charge in [-0.15, -0.1) is 24.2 Å². The third kappa shape index (κ3) is 6.46. The van der Waals surface area contributed by atoms with Crippen LogP contribution in [0.5, 0.6) is 5.75 Å². The van der Waals surface area contributed by atoms with Crippen molar-refractivity contribution in [2.24, 2.45) is 0 Å². The topological polar surface area (TPSA) is 121 Å². The molecule has 0 amide bonds. The number of furan rings is 1. The molecule has 176 valence electrons. The quantitative estimate of drug-likeness (QED) is 0.374. The molecule has 12 heteroatoms.